The number of amides is 1. The maximum absolute atomic E-state index is 12.8. The largest absolute Gasteiger partial charge is 0.504 e. The molecule has 0 radical (unpaired) electrons. The molecule has 1 amide bonds. The van der Waals surface area contributed by atoms with E-state index in [0.717, 1.165) is 20.9 Å². The van der Waals surface area contributed by atoms with Crippen molar-refractivity contribution in [2.75, 3.05) is 24.7 Å². The minimum atomic E-state index is -0.482. The molecule has 3 rings (SSSR count). The highest BCUT2D eigenvalue weighted by Gasteiger charge is 2.23. The quantitative estimate of drug-likeness (QED) is 0.440. The van der Waals surface area contributed by atoms with Crippen LogP contribution in [0.1, 0.15) is 33.9 Å². The summed E-state index contributed by atoms with van der Waals surface area (Å²) in [5, 5.41) is 22.5. The Labute approximate surface area is 180 Å². The molecule has 0 aliphatic heterocycles. The minimum absolute atomic E-state index is 0.00629. The van der Waals surface area contributed by atoms with Gasteiger partial charge in [-0.3, -0.25) is 24.2 Å². The highest BCUT2D eigenvalue weighted by atomic mass is 32.1. The number of aromatic amines is 1. The first-order chi connectivity index (χ1) is 14.2. The second-order valence-corrected chi connectivity index (χ2v) is 8.69. The molecular formula is C19H23N5O4S2. The Morgan fingerprint density at radius 1 is 1.30 bits per heavy atom. The Hall–Kier alpha value is -3.05. The van der Waals surface area contributed by atoms with Crippen molar-refractivity contribution in [2.45, 2.75) is 19.4 Å². The van der Waals surface area contributed by atoms with Crippen LogP contribution in [0.15, 0.2) is 32.5 Å². The van der Waals surface area contributed by atoms with E-state index in [1.54, 1.807) is 25.4 Å². The zero-order valence-corrected chi connectivity index (χ0v) is 18.6. The van der Waals surface area contributed by atoms with Crippen molar-refractivity contribution in [1.29, 1.82) is 0 Å². The molecule has 0 fully saturated rings. The summed E-state index contributed by atoms with van der Waals surface area (Å²) >= 11 is 2.60. The van der Waals surface area contributed by atoms with Gasteiger partial charge in [0.2, 0.25) is 0 Å². The molecule has 0 bridgehead atoms. The van der Waals surface area contributed by atoms with Crippen molar-refractivity contribution in [1.82, 2.24) is 14.7 Å². The first-order valence-corrected chi connectivity index (χ1v) is 10.9. The molecule has 0 unspecified atom stereocenters. The van der Waals surface area contributed by atoms with Crippen molar-refractivity contribution in [3.8, 4) is 5.75 Å². The Balaban J connectivity index is 2.04. The van der Waals surface area contributed by atoms with Crippen molar-refractivity contribution < 1.29 is 9.90 Å². The fourth-order valence-corrected chi connectivity index (χ4v) is 4.64. The van der Waals surface area contributed by atoms with Crippen molar-refractivity contribution >= 4 is 45.6 Å². The third-order valence-corrected chi connectivity index (χ3v) is 6.45. The summed E-state index contributed by atoms with van der Waals surface area (Å²) in [6.07, 6.45) is 0.694. The SMILES string of the molecule is CC[C@@H](Nc1c(Nc2csc(C(=O)N(C)C)c2O)c(=O)n(C)[nH]c1=O)c1cccs1. The van der Waals surface area contributed by atoms with Crippen LogP contribution in [0.3, 0.4) is 0 Å². The lowest BCUT2D eigenvalue weighted by molar-refractivity contribution is 0.0829. The van der Waals surface area contributed by atoms with Crippen molar-refractivity contribution in [3.05, 3.63) is 53.4 Å². The number of thiophene rings is 2. The van der Waals surface area contributed by atoms with Crippen LogP contribution in [-0.4, -0.2) is 39.8 Å². The van der Waals surface area contributed by atoms with Crippen molar-refractivity contribution in [2.24, 2.45) is 7.05 Å². The van der Waals surface area contributed by atoms with Crippen LogP contribution in [0.2, 0.25) is 0 Å². The van der Waals surface area contributed by atoms with Gasteiger partial charge in [-0.25, -0.2) is 0 Å². The van der Waals surface area contributed by atoms with E-state index in [1.807, 2.05) is 24.4 Å². The van der Waals surface area contributed by atoms with Gasteiger partial charge in [0.1, 0.15) is 16.3 Å². The third kappa shape index (κ3) is 4.12. The second-order valence-electron chi connectivity index (χ2n) is 6.83. The number of carbonyl (C=O) groups excluding carboxylic acids is 1. The molecule has 11 heteroatoms. The fraction of sp³-hybridized carbons (Fsp3) is 0.316. The predicted octanol–water partition coefficient (Wildman–Crippen LogP) is 2.91. The number of hydrogen-bond donors (Lipinski definition) is 4. The summed E-state index contributed by atoms with van der Waals surface area (Å²) in [4.78, 5) is 40.2. The number of aromatic hydroxyl groups is 1. The molecule has 4 N–H and O–H groups in total. The summed E-state index contributed by atoms with van der Waals surface area (Å²) in [5.41, 5.74) is -0.712. The molecule has 3 heterocycles. The molecule has 0 aromatic carbocycles. The standard InChI is InChI=1S/C19H23N5O4S2/c1-5-10(12-7-6-8-29-12)20-13-14(18(27)24(4)22-17(13)26)21-11-9-30-16(15(11)25)19(28)23(2)3/h6-10,20-21,25H,5H2,1-4H3,(H,22,26)/t10-/m1/s1. The second kappa shape index (κ2) is 8.76. The molecular weight excluding hydrogens is 426 g/mol. The fourth-order valence-electron chi connectivity index (χ4n) is 2.87. The van der Waals surface area contributed by atoms with Crippen LogP contribution in [0.25, 0.3) is 0 Å². The van der Waals surface area contributed by atoms with E-state index in [1.165, 1.54) is 17.3 Å². The van der Waals surface area contributed by atoms with Gasteiger partial charge in [0.05, 0.1) is 11.7 Å². The smallest absolute Gasteiger partial charge is 0.290 e. The summed E-state index contributed by atoms with van der Waals surface area (Å²) in [6.45, 7) is 1.98. The normalized spacial score (nSPS) is 11.9. The maximum atomic E-state index is 12.8. The summed E-state index contributed by atoms with van der Waals surface area (Å²) in [5.74, 6) is -0.622. The monoisotopic (exact) mass is 449 g/mol. The number of rotatable bonds is 7. The number of anilines is 3. The number of nitrogens with one attached hydrogen (secondary N) is 3. The number of H-pyrrole nitrogens is 1. The van der Waals surface area contributed by atoms with Gasteiger partial charge in [-0.1, -0.05) is 13.0 Å². The molecule has 1 atom stereocenters. The first kappa shape index (κ1) is 21.7. The van der Waals surface area contributed by atoms with Gasteiger partial charge in [-0.05, 0) is 17.9 Å². The predicted molar refractivity (Wildman–Crippen MR) is 121 cm³/mol. The molecule has 0 aliphatic rings. The van der Waals surface area contributed by atoms with E-state index in [2.05, 4.69) is 15.7 Å². The number of hydrogen-bond acceptors (Lipinski definition) is 8. The Bertz CT molecular complexity index is 1160. The van der Waals surface area contributed by atoms with E-state index >= 15 is 0 Å². The van der Waals surface area contributed by atoms with Crippen LogP contribution in [-0.2, 0) is 7.05 Å². The van der Waals surface area contributed by atoms with Gasteiger partial charge < -0.3 is 20.6 Å². The van der Waals surface area contributed by atoms with E-state index in [4.69, 9.17) is 0 Å². The average Bonchev–Trinajstić information content (AvgIpc) is 3.35. The maximum Gasteiger partial charge on any atom is 0.290 e. The lowest BCUT2D eigenvalue weighted by atomic mass is 10.1. The molecule has 3 aromatic rings. The highest BCUT2D eigenvalue weighted by Crippen LogP contribution is 2.37. The van der Waals surface area contributed by atoms with Crippen LogP contribution in [0.4, 0.5) is 17.1 Å². The summed E-state index contributed by atoms with van der Waals surface area (Å²) in [6, 6.07) is 3.71. The third-order valence-electron chi connectivity index (χ3n) is 4.50. The highest BCUT2D eigenvalue weighted by molar-refractivity contribution is 7.13. The van der Waals surface area contributed by atoms with Crippen LogP contribution >= 0.6 is 22.7 Å². The number of aromatic nitrogens is 2. The van der Waals surface area contributed by atoms with Gasteiger partial charge in [0, 0.05) is 31.4 Å². The number of nitrogens with zero attached hydrogens (tertiary/aromatic N) is 2. The molecule has 30 heavy (non-hydrogen) atoms. The molecule has 3 aromatic heterocycles. The zero-order valence-electron chi connectivity index (χ0n) is 17.0. The van der Waals surface area contributed by atoms with E-state index < -0.39 is 11.1 Å². The number of aryl methyl sites for hydroxylation is 1. The van der Waals surface area contributed by atoms with Gasteiger partial charge in [0.15, 0.2) is 5.75 Å². The molecule has 0 spiro atoms. The van der Waals surface area contributed by atoms with Gasteiger partial charge >= 0.3 is 0 Å². The van der Waals surface area contributed by atoms with E-state index in [-0.39, 0.29) is 39.6 Å². The lowest BCUT2D eigenvalue weighted by Gasteiger charge is -2.19. The van der Waals surface area contributed by atoms with Crippen molar-refractivity contribution in [3.63, 3.8) is 0 Å². The molecule has 160 valence electrons. The molecule has 9 nitrogen and oxygen atoms in total. The Kier molecular flexibility index (Phi) is 6.32. The van der Waals surface area contributed by atoms with Gasteiger partial charge in [0.25, 0.3) is 17.0 Å². The summed E-state index contributed by atoms with van der Waals surface area (Å²) in [7, 11) is 4.60. The Morgan fingerprint density at radius 2 is 2.03 bits per heavy atom. The Morgan fingerprint density at radius 3 is 2.63 bits per heavy atom. The minimum Gasteiger partial charge on any atom is -0.504 e. The molecule has 0 saturated heterocycles. The van der Waals surface area contributed by atoms with Gasteiger partial charge in [-0.2, -0.15) is 0 Å². The van der Waals surface area contributed by atoms with E-state index in [9.17, 15) is 19.5 Å². The van der Waals surface area contributed by atoms with Crippen LogP contribution < -0.4 is 21.8 Å². The molecule has 0 saturated carbocycles. The molecule has 0 aliphatic carbocycles. The average molecular weight is 450 g/mol. The van der Waals surface area contributed by atoms with Gasteiger partial charge in [-0.15, -0.1) is 22.7 Å². The lowest BCUT2D eigenvalue weighted by Crippen LogP contribution is -2.32. The summed E-state index contributed by atoms with van der Waals surface area (Å²) < 4.78 is 1.07. The first-order valence-electron chi connectivity index (χ1n) is 9.16. The number of carbonyl (C=O) groups is 1. The van der Waals surface area contributed by atoms with Crippen LogP contribution in [0.5, 0.6) is 5.75 Å². The van der Waals surface area contributed by atoms with Crippen LogP contribution in [0, 0.1) is 0 Å². The topological polar surface area (TPSA) is 119 Å². The van der Waals surface area contributed by atoms with E-state index in [0.29, 0.717) is 6.42 Å². The zero-order chi connectivity index (χ0) is 22.0.